The van der Waals surface area contributed by atoms with Crippen molar-refractivity contribution in [3.8, 4) is 0 Å². The molecule has 1 heterocycles. The van der Waals surface area contributed by atoms with E-state index in [-0.39, 0.29) is 17.6 Å². The molecule has 0 spiro atoms. The minimum absolute atomic E-state index is 0.0155. The second kappa shape index (κ2) is 8.54. The van der Waals surface area contributed by atoms with Gasteiger partial charge in [-0.25, -0.2) is 0 Å². The average Bonchev–Trinajstić information content (AvgIpc) is 2.68. The Bertz CT molecular complexity index is 765. The number of benzene rings is 2. The van der Waals surface area contributed by atoms with Crippen LogP contribution in [-0.2, 0) is 0 Å². The van der Waals surface area contributed by atoms with Crippen molar-refractivity contribution in [1.82, 2.24) is 4.90 Å². The van der Waals surface area contributed by atoms with Crippen LogP contribution < -0.4 is 0 Å². The lowest BCUT2D eigenvalue weighted by molar-refractivity contribution is 0.0647. The molecule has 0 atom stereocenters. The van der Waals surface area contributed by atoms with E-state index in [0.717, 1.165) is 28.9 Å². The van der Waals surface area contributed by atoms with Gasteiger partial charge in [0.2, 0.25) is 0 Å². The van der Waals surface area contributed by atoms with Crippen LogP contribution in [0.2, 0.25) is 0 Å². The first kappa shape index (κ1) is 18.7. The van der Waals surface area contributed by atoms with Crippen LogP contribution in [0, 0.1) is 5.92 Å². The summed E-state index contributed by atoms with van der Waals surface area (Å²) in [5.74, 6) is 0.301. The molecule has 3 nitrogen and oxygen atoms in total. The Kier molecular flexibility index (Phi) is 6.15. The van der Waals surface area contributed by atoms with Crippen LogP contribution in [0.25, 0.3) is 0 Å². The van der Waals surface area contributed by atoms with Crippen molar-refractivity contribution < 1.29 is 9.59 Å². The van der Waals surface area contributed by atoms with Gasteiger partial charge in [-0.15, -0.1) is 11.8 Å². The van der Waals surface area contributed by atoms with Gasteiger partial charge in [-0.3, -0.25) is 9.59 Å². The molecule has 1 amide bonds. The normalized spacial score (nSPS) is 15.3. The maximum absolute atomic E-state index is 13.0. The quantitative estimate of drug-likeness (QED) is 0.556. The summed E-state index contributed by atoms with van der Waals surface area (Å²) < 4.78 is 0. The predicted molar refractivity (Wildman–Crippen MR) is 107 cm³/mol. The fourth-order valence-corrected chi connectivity index (χ4v) is 4.30. The van der Waals surface area contributed by atoms with Gasteiger partial charge in [-0.2, -0.15) is 0 Å². The highest BCUT2D eigenvalue weighted by molar-refractivity contribution is 8.00. The number of hydrogen-bond donors (Lipinski definition) is 0. The van der Waals surface area contributed by atoms with E-state index in [0.29, 0.717) is 18.3 Å². The van der Waals surface area contributed by atoms with E-state index in [4.69, 9.17) is 0 Å². The fourth-order valence-electron chi connectivity index (χ4n) is 3.35. The van der Waals surface area contributed by atoms with Crippen LogP contribution in [0.5, 0.6) is 0 Å². The molecular formula is C22H25NO2S. The second-order valence-electron chi connectivity index (χ2n) is 6.96. The molecule has 3 rings (SSSR count). The molecule has 0 N–H and O–H groups in total. The lowest BCUT2D eigenvalue weighted by atomic mass is 9.88. The molecular weight excluding hydrogens is 342 g/mol. The second-order valence-corrected chi connectivity index (χ2v) is 8.58. The van der Waals surface area contributed by atoms with Crippen LogP contribution >= 0.6 is 11.8 Å². The molecule has 1 fully saturated rings. The number of nitrogens with zero attached hydrogens (tertiary/aromatic N) is 1. The van der Waals surface area contributed by atoms with Crippen molar-refractivity contribution in [2.75, 3.05) is 13.1 Å². The molecule has 2 aromatic carbocycles. The largest absolute Gasteiger partial charge is 0.339 e. The van der Waals surface area contributed by atoms with Crippen LogP contribution in [0.3, 0.4) is 0 Å². The number of piperidine rings is 1. The zero-order chi connectivity index (χ0) is 18.5. The van der Waals surface area contributed by atoms with E-state index in [2.05, 4.69) is 13.8 Å². The fraction of sp³-hybridized carbons (Fsp3) is 0.364. The van der Waals surface area contributed by atoms with Gasteiger partial charge in [0.1, 0.15) is 0 Å². The summed E-state index contributed by atoms with van der Waals surface area (Å²) in [4.78, 5) is 28.5. The third-order valence-electron chi connectivity index (χ3n) is 4.69. The number of ketones is 1. The van der Waals surface area contributed by atoms with E-state index in [1.165, 1.54) is 0 Å². The van der Waals surface area contributed by atoms with E-state index in [9.17, 15) is 9.59 Å². The van der Waals surface area contributed by atoms with Gasteiger partial charge in [0.15, 0.2) is 5.78 Å². The number of hydrogen-bond acceptors (Lipinski definition) is 3. The average molecular weight is 368 g/mol. The van der Waals surface area contributed by atoms with Crippen molar-refractivity contribution >= 4 is 23.5 Å². The van der Waals surface area contributed by atoms with E-state index < -0.39 is 0 Å². The maximum atomic E-state index is 13.0. The van der Waals surface area contributed by atoms with Crippen molar-refractivity contribution in [2.45, 2.75) is 36.8 Å². The molecule has 2 aromatic rings. The molecule has 0 aromatic heterocycles. The summed E-state index contributed by atoms with van der Waals surface area (Å²) in [6.45, 7) is 5.55. The topological polar surface area (TPSA) is 37.4 Å². The van der Waals surface area contributed by atoms with E-state index in [1.54, 1.807) is 11.8 Å². The first-order chi connectivity index (χ1) is 12.6. The highest BCUT2D eigenvalue weighted by Crippen LogP contribution is 2.29. The van der Waals surface area contributed by atoms with Crippen LogP contribution in [0.1, 0.15) is 47.4 Å². The van der Waals surface area contributed by atoms with Gasteiger partial charge in [-0.05, 0) is 25.0 Å². The van der Waals surface area contributed by atoms with Crippen LogP contribution in [0.4, 0.5) is 0 Å². The van der Waals surface area contributed by atoms with Crippen molar-refractivity contribution in [3.05, 3.63) is 65.7 Å². The number of likely N-dealkylation sites (tertiary alicyclic amines) is 1. The van der Waals surface area contributed by atoms with Gasteiger partial charge in [-0.1, -0.05) is 56.3 Å². The van der Waals surface area contributed by atoms with E-state index in [1.807, 2.05) is 59.5 Å². The molecule has 136 valence electrons. The minimum atomic E-state index is 0.0155. The molecule has 1 saturated heterocycles. The Morgan fingerprint density at radius 3 is 2.23 bits per heavy atom. The summed E-state index contributed by atoms with van der Waals surface area (Å²) >= 11 is 1.72. The maximum Gasteiger partial charge on any atom is 0.254 e. The number of Topliss-reactive ketones (excluding diaryl/α,β-unsaturated/α-hetero) is 1. The molecule has 0 radical (unpaired) electrons. The summed E-state index contributed by atoms with van der Waals surface area (Å²) in [6, 6.07) is 17.3. The molecule has 26 heavy (non-hydrogen) atoms. The summed E-state index contributed by atoms with van der Waals surface area (Å²) in [5, 5.41) is 0.429. The summed E-state index contributed by atoms with van der Waals surface area (Å²) in [6.07, 6.45) is 1.47. The molecule has 0 unspecified atom stereocenters. The van der Waals surface area contributed by atoms with Crippen molar-refractivity contribution in [3.63, 3.8) is 0 Å². The van der Waals surface area contributed by atoms with Crippen molar-refractivity contribution in [1.29, 1.82) is 0 Å². The lowest BCUT2D eigenvalue weighted by Gasteiger charge is -2.32. The minimum Gasteiger partial charge on any atom is -0.339 e. The highest BCUT2D eigenvalue weighted by Gasteiger charge is 2.29. The number of amides is 1. The zero-order valence-corrected chi connectivity index (χ0v) is 16.2. The van der Waals surface area contributed by atoms with E-state index >= 15 is 0 Å². The third kappa shape index (κ3) is 4.36. The van der Waals surface area contributed by atoms with Gasteiger partial charge in [0.05, 0.1) is 5.56 Å². The number of thioether (sulfide) groups is 1. The zero-order valence-electron chi connectivity index (χ0n) is 15.4. The Balaban J connectivity index is 1.65. The Hall–Kier alpha value is -2.07. The summed E-state index contributed by atoms with van der Waals surface area (Å²) in [5.41, 5.74) is 1.55. The molecule has 0 aliphatic carbocycles. The van der Waals surface area contributed by atoms with Gasteiger partial charge < -0.3 is 4.90 Å². The van der Waals surface area contributed by atoms with Crippen molar-refractivity contribution in [2.24, 2.45) is 5.92 Å². The number of carbonyl (C=O) groups is 2. The SMILES string of the molecule is CC(C)Sc1ccccc1C(=O)N1CCC(C(=O)c2ccccc2)CC1. The molecule has 0 bridgehead atoms. The smallest absolute Gasteiger partial charge is 0.254 e. The monoisotopic (exact) mass is 367 g/mol. The number of carbonyl (C=O) groups excluding carboxylic acids is 2. The van der Waals surface area contributed by atoms with Gasteiger partial charge in [0, 0.05) is 34.7 Å². The van der Waals surface area contributed by atoms with Gasteiger partial charge in [0.25, 0.3) is 5.91 Å². The Morgan fingerprint density at radius 1 is 0.962 bits per heavy atom. The predicted octanol–water partition coefficient (Wildman–Crippen LogP) is 4.92. The van der Waals surface area contributed by atoms with Crippen LogP contribution in [0.15, 0.2) is 59.5 Å². The highest BCUT2D eigenvalue weighted by atomic mass is 32.2. The molecule has 0 saturated carbocycles. The first-order valence-electron chi connectivity index (χ1n) is 9.20. The Labute approximate surface area is 159 Å². The van der Waals surface area contributed by atoms with Crippen LogP contribution in [-0.4, -0.2) is 34.9 Å². The molecule has 1 aliphatic rings. The molecule has 4 heteroatoms. The standard InChI is InChI=1S/C22H25NO2S/c1-16(2)26-20-11-7-6-10-19(20)22(25)23-14-12-18(13-15-23)21(24)17-8-4-3-5-9-17/h3-11,16,18H,12-15H2,1-2H3. The summed E-state index contributed by atoms with van der Waals surface area (Å²) in [7, 11) is 0. The lowest BCUT2D eigenvalue weighted by Crippen LogP contribution is -2.40. The first-order valence-corrected chi connectivity index (χ1v) is 10.1. The van der Waals surface area contributed by atoms with Gasteiger partial charge >= 0.3 is 0 Å². The third-order valence-corrected chi connectivity index (χ3v) is 5.77. The molecule has 1 aliphatic heterocycles. The Morgan fingerprint density at radius 2 is 1.58 bits per heavy atom. The number of rotatable bonds is 5.